The fraction of sp³-hybridized carbons (Fsp3) is 0.455. The maximum atomic E-state index is 12.3. The minimum atomic E-state index is -2.43. The lowest BCUT2D eigenvalue weighted by molar-refractivity contribution is 0.0927. The molecule has 0 aromatic heterocycles. The highest BCUT2D eigenvalue weighted by Gasteiger charge is 2.19. The van der Waals surface area contributed by atoms with E-state index in [0.717, 1.165) is 5.56 Å². The first-order chi connectivity index (χ1) is 7.15. The zero-order valence-electron chi connectivity index (χ0n) is 8.53. The number of nitrogens with one attached hydrogen (secondary N) is 1. The minimum absolute atomic E-state index is 0.193. The second-order valence-electron chi connectivity index (χ2n) is 3.44. The first-order valence-electron chi connectivity index (χ1n) is 4.85. The van der Waals surface area contributed by atoms with Crippen LogP contribution in [0.5, 0.6) is 0 Å². The molecule has 0 spiro atoms. The summed E-state index contributed by atoms with van der Waals surface area (Å²) >= 11 is 0. The first-order valence-corrected chi connectivity index (χ1v) is 4.85. The van der Waals surface area contributed by atoms with Crippen LogP contribution in [0.3, 0.4) is 0 Å². The average molecular weight is 215 g/mol. The van der Waals surface area contributed by atoms with E-state index in [1.807, 2.05) is 18.2 Å². The summed E-state index contributed by atoms with van der Waals surface area (Å²) in [5.41, 5.74) is 0.813. The van der Waals surface area contributed by atoms with Gasteiger partial charge in [-0.25, -0.2) is 8.78 Å². The molecule has 1 aromatic carbocycles. The SMILES string of the molecule is CC(NC(CO)c1ccccc1)C(F)F. The summed E-state index contributed by atoms with van der Waals surface area (Å²) in [4.78, 5) is 0. The van der Waals surface area contributed by atoms with Crippen LogP contribution in [0.25, 0.3) is 0 Å². The van der Waals surface area contributed by atoms with E-state index < -0.39 is 18.5 Å². The third-order valence-corrected chi connectivity index (χ3v) is 2.23. The Morgan fingerprint density at radius 1 is 1.27 bits per heavy atom. The van der Waals surface area contributed by atoms with E-state index in [1.165, 1.54) is 6.92 Å². The molecule has 15 heavy (non-hydrogen) atoms. The largest absolute Gasteiger partial charge is 0.394 e. The summed E-state index contributed by atoms with van der Waals surface area (Å²) in [6, 6.07) is 7.70. The highest BCUT2D eigenvalue weighted by molar-refractivity contribution is 5.19. The smallest absolute Gasteiger partial charge is 0.253 e. The first kappa shape index (κ1) is 12.1. The molecule has 2 atom stereocenters. The van der Waals surface area contributed by atoms with E-state index in [2.05, 4.69) is 5.32 Å². The van der Waals surface area contributed by atoms with Crippen molar-refractivity contribution < 1.29 is 13.9 Å². The number of hydrogen-bond acceptors (Lipinski definition) is 2. The number of hydrogen-bond donors (Lipinski definition) is 2. The van der Waals surface area contributed by atoms with Crippen LogP contribution in [0.4, 0.5) is 8.78 Å². The van der Waals surface area contributed by atoms with Crippen molar-refractivity contribution in [1.82, 2.24) is 5.32 Å². The van der Waals surface area contributed by atoms with Gasteiger partial charge in [0.1, 0.15) is 0 Å². The molecule has 1 rings (SSSR count). The summed E-state index contributed by atoms with van der Waals surface area (Å²) in [6.45, 7) is 1.21. The molecule has 0 aliphatic heterocycles. The number of aliphatic hydroxyl groups is 1. The number of aliphatic hydroxyl groups excluding tert-OH is 1. The third kappa shape index (κ3) is 3.57. The highest BCUT2D eigenvalue weighted by Crippen LogP contribution is 2.14. The zero-order chi connectivity index (χ0) is 11.3. The quantitative estimate of drug-likeness (QED) is 0.787. The Morgan fingerprint density at radius 2 is 1.87 bits per heavy atom. The molecule has 0 saturated carbocycles. The molecule has 0 heterocycles. The molecule has 0 bridgehead atoms. The lowest BCUT2D eigenvalue weighted by Gasteiger charge is -2.21. The Balaban J connectivity index is 2.65. The molecule has 0 radical (unpaired) electrons. The Bertz CT molecular complexity index is 279. The second-order valence-corrected chi connectivity index (χ2v) is 3.44. The average Bonchev–Trinajstić information content (AvgIpc) is 2.26. The number of halogens is 2. The van der Waals surface area contributed by atoms with Crippen LogP contribution in [-0.2, 0) is 0 Å². The molecule has 1 aromatic rings. The predicted molar refractivity (Wildman–Crippen MR) is 54.9 cm³/mol. The summed E-state index contributed by atoms with van der Waals surface area (Å²) in [6.07, 6.45) is -2.43. The van der Waals surface area contributed by atoms with E-state index in [-0.39, 0.29) is 6.61 Å². The van der Waals surface area contributed by atoms with Gasteiger partial charge in [0.05, 0.1) is 18.7 Å². The van der Waals surface area contributed by atoms with Crippen molar-refractivity contribution in [1.29, 1.82) is 0 Å². The van der Waals surface area contributed by atoms with Gasteiger partial charge in [0.25, 0.3) is 6.43 Å². The Kier molecular flexibility index (Phi) is 4.65. The van der Waals surface area contributed by atoms with Crippen molar-refractivity contribution in [2.75, 3.05) is 6.61 Å². The van der Waals surface area contributed by atoms with Gasteiger partial charge >= 0.3 is 0 Å². The van der Waals surface area contributed by atoms with Gasteiger partial charge in [-0.1, -0.05) is 30.3 Å². The standard InChI is InChI=1S/C11H15F2NO/c1-8(11(12)13)14-10(7-15)9-5-3-2-4-6-9/h2-6,8,10-11,14-15H,7H2,1H3. The highest BCUT2D eigenvalue weighted by atomic mass is 19.3. The molecular formula is C11H15F2NO. The van der Waals surface area contributed by atoms with E-state index in [1.54, 1.807) is 12.1 Å². The van der Waals surface area contributed by atoms with Crippen molar-refractivity contribution in [2.45, 2.75) is 25.4 Å². The van der Waals surface area contributed by atoms with Crippen LogP contribution in [0.15, 0.2) is 30.3 Å². The van der Waals surface area contributed by atoms with Gasteiger partial charge in [-0.2, -0.15) is 0 Å². The molecule has 84 valence electrons. The lowest BCUT2D eigenvalue weighted by Crippen LogP contribution is -2.37. The van der Waals surface area contributed by atoms with Gasteiger partial charge in [-0.05, 0) is 12.5 Å². The van der Waals surface area contributed by atoms with Crippen LogP contribution < -0.4 is 5.32 Å². The van der Waals surface area contributed by atoms with Gasteiger partial charge in [0.15, 0.2) is 0 Å². The number of alkyl halides is 2. The molecule has 0 fully saturated rings. The van der Waals surface area contributed by atoms with Crippen LogP contribution >= 0.6 is 0 Å². The number of rotatable bonds is 5. The van der Waals surface area contributed by atoms with Crippen LogP contribution in [0.1, 0.15) is 18.5 Å². The summed E-state index contributed by atoms with van der Waals surface area (Å²) in [5.74, 6) is 0. The van der Waals surface area contributed by atoms with Crippen molar-refractivity contribution >= 4 is 0 Å². The van der Waals surface area contributed by atoms with Gasteiger partial charge in [0.2, 0.25) is 0 Å². The van der Waals surface area contributed by atoms with E-state index >= 15 is 0 Å². The molecule has 2 N–H and O–H groups in total. The normalized spacial score (nSPS) is 15.3. The topological polar surface area (TPSA) is 32.3 Å². The second kappa shape index (κ2) is 5.78. The molecule has 0 amide bonds. The van der Waals surface area contributed by atoms with Crippen molar-refractivity contribution in [3.05, 3.63) is 35.9 Å². The van der Waals surface area contributed by atoms with Crippen LogP contribution in [0.2, 0.25) is 0 Å². The summed E-state index contributed by atoms with van der Waals surface area (Å²) in [7, 11) is 0. The van der Waals surface area contributed by atoms with Crippen LogP contribution in [-0.4, -0.2) is 24.2 Å². The predicted octanol–water partition coefficient (Wildman–Crippen LogP) is 1.96. The fourth-order valence-corrected chi connectivity index (χ4v) is 1.33. The van der Waals surface area contributed by atoms with Crippen molar-refractivity contribution in [2.24, 2.45) is 0 Å². The van der Waals surface area contributed by atoms with Crippen molar-refractivity contribution in [3.63, 3.8) is 0 Å². The molecule has 4 heteroatoms. The summed E-state index contributed by atoms with van der Waals surface area (Å²) in [5, 5.41) is 11.8. The molecule has 2 nitrogen and oxygen atoms in total. The van der Waals surface area contributed by atoms with E-state index in [9.17, 15) is 8.78 Å². The number of benzene rings is 1. The zero-order valence-corrected chi connectivity index (χ0v) is 8.53. The van der Waals surface area contributed by atoms with Gasteiger partial charge in [-0.3, -0.25) is 0 Å². The Morgan fingerprint density at radius 3 is 2.33 bits per heavy atom. The van der Waals surface area contributed by atoms with Crippen molar-refractivity contribution in [3.8, 4) is 0 Å². The fourth-order valence-electron chi connectivity index (χ4n) is 1.33. The maximum Gasteiger partial charge on any atom is 0.253 e. The van der Waals surface area contributed by atoms with E-state index in [4.69, 9.17) is 5.11 Å². The van der Waals surface area contributed by atoms with Gasteiger partial charge in [0, 0.05) is 0 Å². The molecular weight excluding hydrogens is 200 g/mol. The lowest BCUT2D eigenvalue weighted by atomic mass is 10.1. The summed E-state index contributed by atoms with van der Waals surface area (Å²) < 4.78 is 24.6. The monoisotopic (exact) mass is 215 g/mol. The third-order valence-electron chi connectivity index (χ3n) is 2.23. The van der Waals surface area contributed by atoms with E-state index in [0.29, 0.717) is 0 Å². The van der Waals surface area contributed by atoms with Gasteiger partial charge < -0.3 is 10.4 Å². The molecule has 0 aliphatic carbocycles. The van der Waals surface area contributed by atoms with Gasteiger partial charge in [-0.15, -0.1) is 0 Å². The minimum Gasteiger partial charge on any atom is -0.394 e. The Hall–Kier alpha value is -1.00. The maximum absolute atomic E-state index is 12.3. The molecule has 0 aliphatic rings. The molecule has 0 saturated heterocycles. The Labute approximate surface area is 87.9 Å². The van der Waals surface area contributed by atoms with Crippen LogP contribution in [0, 0.1) is 0 Å². The molecule has 2 unspecified atom stereocenters.